The number of rotatable bonds is 6. The van der Waals surface area contributed by atoms with E-state index in [-0.39, 0.29) is 17.2 Å². The van der Waals surface area contributed by atoms with Crippen molar-refractivity contribution in [2.24, 2.45) is 5.41 Å². The molecule has 132 valence electrons. The van der Waals surface area contributed by atoms with E-state index in [9.17, 15) is 14.7 Å². The van der Waals surface area contributed by atoms with Gasteiger partial charge in [-0.1, -0.05) is 26.8 Å². The fourth-order valence-electron chi connectivity index (χ4n) is 2.52. The maximum absolute atomic E-state index is 12.5. The minimum Gasteiger partial charge on any atom is -0.391 e. The zero-order valence-electron chi connectivity index (χ0n) is 14.8. The van der Waals surface area contributed by atoms with Crippen LogP contribution in [-0.2, 0) is 9.59 Å². The number of amides is 2. The van der Waals surface area contributed by atoms with Crippen LogP contribution in [0.3, 0.4) is 0 Å². The van der Waals surface area contributed by atoms with Crippen LogP contribution in [0.1, 0.15) is 34.1 Å². The molecular weight excluding hydrogens is 294 g/mol. The number of carbonyl (C=O) groups is 2. The van der Waals surface area contributed by atoms with E-state index in [0.29, 0.717) is 26.1 Å². The number of piperazine rings is 1. The molecule has 1 heterocycles. The summed E-state index contributed by atoms with van der Waals surface area (Å²) in [5, 5.41) is 12.9. The first-order valence-electron chi connectivity index (χ1n) is 8.22. The molecule has 2 atom stereocenters. The minimum absolute atomic E-state index is 0.0591. The van der Waals surface area contributed by atoms with Gasteiger partial charge in [0.1, 0.15) is 6.04 Å². The Labute approximate surface area is 139 Å². The third kappa shape index (κ3) is 6.31. The SMILES string of the molecule is C=CCC(NC(C)=O)C(=O)N1CCN(CC(O)C(C)(C)C)CC1. The lowest BCUT2D eigenvalue weighted by Gasteiger charge is -2.39. The Hall–Kier alpha value is -1.40. The molecule has 0 saturated carbocycles. The normalized spacial score (nSPS) is 19.1. The van der Waals surface area contributed by atoms with Crippen molar-refractivity contribution in [1.82, 2.24) is 15.1 Å². The molecule has 1 saturated heterocycles. The van der Waals surface area contributed by atoms with Crippen molar-refractivity contribution < 1.29 is 14.7 Å². The minimum atomic E-state index is -0.531. The first kappa shape index (κ1) is 19.6. The second-order valence-corrected chi connectivity index (χ2v) is 7.29. The van der Waals surface area contributed by atoms with Crippen LogP contribution in [-0.4, -0.2) is 71.6 Å². The van der Waals surface area contributed by atoms with Crippen LogP contribution in [0.15, 0.2) is 12.7 Å². The molecule has 0 aromatic carbocycles. The van der Waals surface area contributed by atoms with E-state index in [1.165, 1.54) is 6.92 Å². The van der Waals surface area contributed by atoms with E-state index in [2.05, 4.69) is 16.8 Å². The summed E-state index contributed by atoms with van der Waals surface area (Å²) in [6.45, 7) is 14.4. The highest BCUT2D eigenvalue weighted by atomic mass is 16.3. The molecule has 2 amide bonds. The molecule has 2 N–H and O–H groups in total. The van der Waals surface area contributed by atoms with Gasteiger partial charge in [-0.2, -0.15) is 0 Å². The first-order chi connectivity index (χ1) is 10.6. The Morgan fingerprint density at radius 3 is 2.26 bits per heavy atom. The summed E-state index contributed by atoms with van der Waals surface area (Å²) < 4.78 is 0. The number of hydrogen-bond acceptors (Lipinski definition) is 4. The number of aliphatic hydroxyl groups is 1. The van der Waals surface area contributed by atoms with Crippen molar-refractivity contribution in [2.75, 3.05) is 32.7 Å². The molecule has 6 heteroatoms. The lowest BCUT2D eigenvalue weighted by molar-refractivity contribution is -0.137. The van der Waals surface area contributed by atoms with Crippen molar-refractivity contribution in [3.05, 3.63) is 12.7 Å². The van der Waals surface area contributed by atoms with Gasteiger partial charge in [0.25, 0.3) is 0 Å². The van der Waals surface area contributed by atoms with Crippen molar-refractivity contribution in [2.45, 2.75) is 46.3 Å². The van der Waals surface area contributed by atoms with Crippen LogP contribution in [0.25, 0.3) is 0 Å². The summed E-state index contributed by atoms with van der Waals surface area (Å²) in [5.74, 6) is -0.270. The van der Waals surface area contributed by atoms with Crippen molar-refractivity contribution in [3.63, 3.8) is 0 Å². The molecule has 1 rings (SSSR count). The van der Waals surface area contributed by atoms with Gasteiger partial charge >= 0.3 is 0 Å². The van der Waals surface area contributed by atoms with E-state index in [4.69, 9.17) is 0 Å². The van der Waals surface area contributed by atoms with Gasteiger partial charge in [0.15, 0.2) is 0 Å². The Bertz CT molecular complexity index is 423. The number of aliphatic hydroxyl groups excluding tert-OH is 1. The molecule has 6 nitrogen and oxygen atoms in total. The summed E-state index contributed by atoms with van der Waals surface area (Å²) in [4.78, 5) is 27.7. The van der Waals surface area contributed by atoms with Crippen LogP contribution in [0.4, 0.5) is 0 Å². The summed E-state index contributed by atoms with van der Waals surface area (Å²) in [6, 6.07) is -0.531. The first-order valence-corrected chi connectivity index (χ1v) is 8.22. The number of nitrogens with zero attached hydrogens (tertiary/aromatic N) is 2. The molecule has 2 unspecified atom stereocenters. The van der Waals surface area contributed by atoms with Gasteiger partial charge in [-0.3, -0.25) is 14.5 Å². The quantitative estimate of drug-likeness (QED) is 0.702. The highest BCUT2D eigenvalue weighted by Gasteiger charge is 2.30. The average Bonchev–Trinajstić information content (AvgIpc) is 2.45. The molecule has 1 aliphatic heterocycles. The van der Waals surface area contributed by atoms with E-state index in [1.54, 1.807) is 11.0 Å². The lowest BCUT2D eigenvalue weighted by Crippen LogP contribution is -2.56. The highest BCUT2D eigenvalue weighted by Crippen LogP contribution is 2.20. The molecule has 1 fully saturated rings. The summed E-state index contributed by atoms with van der Waals surface area (Å²) in [5.41, 5.74) is -0.145. The molecular formula is C17H31N3O3. The van der Waals surface area contributed by atoms with Gasteiger partial charge in [0.2, 0.25) is 11.8 Å². The van der Waals surface area contributed by atoms with Crippen molar-refractivity contribution in [3.8, 4) is 0 Å². The maximum Gasteiger partial charge on any atom is 0.245 e. The van der Waals surface area contributed by atoms with Crippen LogP contribution in [0.5, 0.6) is 0 Å². The van der Waals surface area contributed by atoms with Crippen molar-refractivity contribution >= 4 is 11.8 Å². The number of carbonyl (C=O) groups excluding carboxylic acids is 2. The zero-order chi connectivity index (χ0) is 17.6. The molecule has 0 radical (unpaired) electrons. The highest BCUT2D eigenvalue weighted by molar-refractivity contribution is 5.87. The largest absolute Gasteiger partial charge is 0.391 e. The van der Waals surface area contributed by atoms with Gasteiger partial charge in [-0.15, -0.1) is 6.58 Å². The number of nitrogens with one attached hydrogen (secondary N) is 1. The maximum atomic E-state index is 12.5. The molecule has 0 aliphatic carbocycles. The second-order valence-electron chi connectivity index (χ2n) is 7.29. The van der Waals surface area contributed by atoms with Gasteiger partial charge in [0.05, 0.1) is 6.10 Å². The topological polar surface area (TPSA) is 72.9 Å². The summed E-state index contributed by atoms with van der Waals surface area (Å²) >= 11 is 0. The smallest absolute Gasteiger partial charge is 0.245 e. The predicted molar refractivity (Wildman–Crippen MR) is 90.9 cm³/mol. The fourth-order valence-corrected chi connectivity index (χ4v) is 2.52. The molecule has 1 aliphatic rings. The average molecular weight is 325 g/mol. The standard InChI is InChI=1S/C17H31N3O3/c1-6-7-14(18-13(2)21)16(23)20-10-8-19(9-11-20)12-15(22)17(3,4)5/h6,14-15,22H,1,7-12H2,2-5H3,(H,18,21). The van der Waals surface area contributed by atoms with Crippen LogP contribution in [0, 0.1) is 5.41 Å². The van der Waals surface area contributed by atoms with E-state index in [1.807, 2.05) is 20.8 Å². The van der Waals surface area contributed by atoms with E-state index in [0.717, 1.165) is 13.1 Å². The number of β-amino-alcohol motifs (C(OH)–C–C–N with tert-alkyl or cyclic N) is 1. The third-order valence-corrected chi connectivity index (χ3v) is 4.19. The van der Waals surface area contributed by atoms with Crippen LogP contribution >= 0.6 is 0 Å². The molecule has 0 spiro atoms. The van der Waals surface area contributed by atoms with Gasteiger partial charge in [-0.25, -0.2) is 0 Å². The van der Waals surface area contributed by atoms with Gasteiger partial charge in [-0.05, 0) is 11.8 Å². The van der Waals surface area contributed by atoms with E-state index >= 15 is 0 Å². The van der Waals surface area contributed by atoms with Crippen LogP contribution in [0.2, 0.25) is 0 Å². The van der Waals surface area contributed by atoms with E-state index < -0.39 is 12.1 Å². The lowest BCUT2D eigenvalue weighted by atomic mass is 9.89. The molecule has 23 heavy (non-hydrogen) atoms. The Balaban J connectivity index is 2.52. The fraction of sp³-hybridized carbons (Fsp3) is 0.765. The molecule has 0 aromatic rings. The molecule has 0 aromatic heterocycles. The monoisotopic (exact) mass is 325 g/mol. The summed E-state index contributed by atoms with van der Waals surface area (Å²) in [7, 11) is 0. The predicted octanol–water partition coefficient (Wildman–Crippen LogP) is 0.618. The van der Waals surface area contributed by atoms with Gasteiger partial charge in [0, 0.05) is 39.6 Å². The Morgan fingerprint density at radius 1 is 1.26 bits per heavy atom. The number of hydrogen-bond donors (Lipinski definition) is 2. The Kier molecular flexibility index (Phi) is 7.22. The second kappa shape index (κ2) is 8.45. The summed E-state index contributed by atoms with van der Waals surface area (Å²) in [6.07, 6.45) is 1.69. The van der Waals surface area contributed by atoms with Crippen molar-refractivity contribution in [1.29, 1.82) is 0 Å². The zero-order valence-corrected chi connectivity index (χ0v) is 14.8. The van der Waals surface area contributed by atoms with Gasteiger partial charge < -0.3 is 15.3 Å². The Morgan fingerprint density at radius 2 is 1.83 bits per heavy atom. The third-order valence-electron chi connectivity index (χ3n) is 4.19. The van der Waals surface area contributed by atoms with Crippen LogP contribution < -0.4 is 5.32 Å². The molecule has 0 bridgehead atoms.